The standard InChI is InChI=1S/C18H22Cl2N4/c1-18(2,24(21)12-22-3)17(13-8-5-4-6-9-13)23-15-11-7-10-14(19)16(15)20/h4-12,17,23H,21H2,1-3H3. The summed E-state index contributed by atoms with van der Waals surface area (Å²) in [7, 11) is 1.69. The number of hydrogen-bond acceptors (Lipinski definition) is 3. The molecule has 0 amide bonds. The Morgan fingerprint density at radius 1 is 1.12 bits per heavy atom. The van der Waals surface area contributed by atoms with Crippen LogP contribution in [0, 0.1) is 0 Å². The molecule has 24 heavy (non-hydrogen) atoms. The smallest absolute Gasteiger partial charge is 0.0992 e. The fraction of sp³-hybridized carbons (Fsp3) is 0.278. The van der Waals surface area contributed by atoms with Crippen LogP contribution in [-0.4, -0.2) is 23.9 Å². The molecule has 0 aromatic heterocycles. The van der Waals surface area contributed by atoms with E-state index in [9.17, 15) is 0 Å². The van der Waals surface area contributed by atoms with Gasteiger partial charge in [0.05, 0.1) is 33.7 Å². The van der Waals surface area contributed by atoms with Crippen molar-refractivity contribution in [2.75, 3.05) is 12.4 Å². The number of aliphatic imine (C=N–C) groups is 1. The Labute approximate surface area is 153 Å². The quantitative estimate of drug-likeness (QED) is 0.336. The molecule has 0 bridgehead atoms. The zero-order chi connectivity index (χ0) is 17.7. The van der Waals surface area contributed by atoms with E-state index in [2.05, 4.69) is 22.4 Å². The number of hydrazine groups is 1. The van der Waals surface area contributed by atoms with Gasteiger partial charge in [-0.2, -0.15) is 0 Å². The topological polar surface area (TPSA) is 53.6 Å². The van der Waals surface area contributed by atoms with Crippen LogP contribution in [0.3, 0.4) is 0 Å². The van der Waals surface area contributed by atoms with E-state index >= 15 is 0 Å². The second-order valence-corrected chi connectivity index (χ2v) is 6.81. The summed E-state index contributed by atoms with van der Waals surface area (Å²) in [5, 5.41) is 6.07. The number of halogens is 2. The van der Waals surface area contributed by atoms with E-state index in [1.165, 1.54) is 0 Å². The van der Waals surface area contributed by atoms with Crippen LogP contribution in [0.5, 0.6) is 0 Å². The Morgan fingerprint density at radius 2 is 1.79 bits per heavy atom. The number of nitrogens with zero attached hydrogens (tertiary/aromatic N) is 2. The first-order valence-electron chi connectivity index (χ1n) is 7.59. The highest BCUT2D eigenvalue weighted by Gasteiger charge is 2.35. The molecule has 6 heteroatoms. The fourth-order valence-electron chi connectivity index (χ4n) is 2.51. The van der Waals surface area contributed by atoms with Gasteiger partial charge in [0.15, 0.2) is 0 Å². The van der Waals surface area contributed by atoms with Crippen molar-refractivity contribution < 1.29 is 0 Å². The van der Waals surface area contributed by atoms with Crippen LogP contribution in [0.15, 0.2) is 53.5 Å². The normalized spacial score (nSPS) is 13.1. The third-order valence-corrected chi connectivity index (χ3v) is 4.82. The van der Waals surface area contributed by atoms with E-state index < -0.39 is 5.54 Å². The van der Waals surface area contributed by atoms with Crippen LogP contribution < -0.4 is 11.2 Å². The molecule has 0 spiro atoms. The molecule has 0 aliphatic carbocycles. The van der Waals surface area contributed by atoms with Crippen molar-refractivity contribution in [3.8, 4) is 0 Å². The van der Waals surface area contributed by atoms with Crippen molar-refractivity contribution in [2.24, 2.45) is 10.8 Å². The van der Waals surface area contributed by atoms with Crippen molar-refractivity contribution in [3.63, 3.8) is 0 Å². The van der Waals surface area contributed by atoms with Gasteiger partial charge >= 0.3 is 0 Å². The van der Waals surface area contributed by atoms with E-state index in [0.717, 1.165) is 11.3 Å². The Balaban J connectivity index is 2.46. The van der Waals surface area contributed by atoms with Gasteiger partial charge in [0.2, 0.25) is 0 Å². The zero-order valence-electron chi connectivity index (χ0n) is 14.0. The fourth-order valence-corrected chi connectivity index (χ4v) is 2.86. The summed E-state index contributed by atoms with van der Waals surface area (Å²) in [6.45, 7) is 4.08. The first kappa shape index (κ1) is 18.6. The van der Waals surface area contributed by atoms with E-state index in [1.54, 1.807) is 24.5 Å². The van der Waals surface area contributed by atoms with Gasteiger partial charge in [0.25, 0.3) is 0 Å². The lowest BCUT2D eigenvalue weighted by atomic mass is 9.87. The van der Waals surface area contributed by atoms with Crippen molar-refractivity contribution >= 4 is 35.2 Å². The number of benzene rings is 2. The van der Waals surface area contributed by atoms with Crippen molar-refractivity contribution in [3.05, 3.63) is 64.1 Å². The average Bonchev–Trinajstić information content (AvgIpc) is 2.57. The Kier molecular flexibility index (Phi) is 6.10. The SMILES string of the molecule is CN=CN(N)C(C)(C)C(Nc1cccc(Cl)c1Cl)c1ccccc1. The highest BCUT2D eigenvalue weighted by molar-refractivity contribution is 6.43. The summed E-state index contributed by atoms with van der Waals surface area (Å²) in [4.78, 5) is 4.02. The average molecular weight is 365 g/mol. The number of rotatable bonds is 6. The maximum Gasteiger partial charge on any atom is 0.0992 e. The number of nitrogens with two attached hydrogens (primary N) is 1. The molecule has 2 aromatic carbocycles. The highest BCUT2D eigenvalue weighted by Crippen LogP contribution is 2.37. The van der Waals surface area contributed by atoms with Crippen molar-refractivity contribution in [2.45, 2.75) is 25.4 Å². The predicted octanol–water partition coefficient (Wildman–Crippen LogP) is 4.76. The summed E-state index contributed by atoms with van der Waals surface area (Å²) >= 11 is 12.5. The summed E-state index contributed by atoms with van der Waals surface area (Å²) in [6.07, 6.45) is 1.61. The van der Waals surface area contributed by atoms with Gasteiger partial charge in [-0.05, 0) is 31.5 Å². The number of hydrogen-bond donors (Lipinski definition) is 2. The lowest BCUT2D eigenvalue weighted by Gasteiger charge is -2.41. The van der Waals surface area contributed by atoms with Crippen LogP contribution >= 0.6 is 23.2 Å². The minimum absolute atomic E-state index is 0.141. The molecule has 0 radical (unpaired) electrons. The Morgan fingerprint density at radius 3 is 2.42 bits per heavy atom. The lowest BCUT2D eigenvalue weighted by Crippen LogP contribution is -2.53. The maximum atomic E-state index is 6.35. The van der Waals surface area contributed by atoms with E-state index in [4.69, 9.17) is 29.0 Å². The molecular formula is C18H22Cl2N4. The van der Waals surface area contributed by atoms with Gasteiger partial charge in [-0.1, -0.05) is 59.6 Å². The number of nitrogens with one attached hydrogen (secondary N) is 1. The summed E-state index contributed by atoms with van der Waals surface area (Å²) < 4.78 is 0. The van der Waals surface area contributed by atoms with Crippen LogP contribution in [0.4, 0.5) is 5.69 Å². The summed E-state index contributed by atoms with van der Waals surface area (Å²) in [6, 6.07) is 15.4. The lowest BCUT2D eigenvalue weighted by molar-refractivity contribution is 0.195. The molecule has 0 saturated heterocycles. The van der Waals surface area contributed by atoms with Crippen molar-refractivity contribution in [1.82, 2.24) is 5.01 Å². The molecule has 0 saturated carbocycles. The van der Waals surface area contributed by atoms with Crippen LogP contribution in [0.25, 0.3) is 0 Å². The molecule has 4 nitrogen and oxygen atoms in total. The summed E-state index contributed by atoms with van der Waals surface area (Å²) in [5.74, 6) is 6.21. The van der Waals surface area contributed by atoms with E-state index in [-0.39, 0.29) is 6.04 Å². The third kappa shape index (κ3) is 4.01. The maximum absolute atomic E-state index is 6.35. The molecule has 2 rings (SSSR count). The number of anilines is 1. The van der Waals surface area contributed by atoms with Crippen molar-refractivity contribution in [1.29, 1.82) is 0 Å². The Bertz CT molecular complexity index is 701. The predicted molar refractivity (Wildman–Crippen MR) is 104 cm³/mol. The van der Waals surface area contributed by atoms with Gasteiger partial charge < -0.3 is 5.32 Å². The first-order chi connectivity index (χ1) is 11.4. The van der Waals surface area contributed by atoms with Crippen LogP contribution in [0.2, 0.25) is 10.0 Å². The summed E-state index contributed by atoms with van der Waals surface area (Å²) in [5.41, 5.74) is 1.36. The van der Waals surface area contributed by atoms with Gasteiger partial charge in [-0.15, -0.1) is 0 Å². The van der Waals surface area contributed by atoms with E-state index in [1.807, 2.05) is 44.2 Å². The van der Waals surface area contributed by atoms with Crippen LogP contribution in [0.1, 0.15) is 25.5 Å². The third-order valence-electron chi connectivity index (χ3n) is 4.00. The second kappa shape index (κ2) is 7.88. The molecule has 128 valence electrons. The zero-order valence-corrected chi connectivity index (χ0v) is 15.5. The molecule has 1 atom stereocenters. The molecular weight excluding hydrogens is 343 g/mol. The molecule has 0 fully saturated rings. The minimum Gasteiger partial charge on any atom is -0.375 e. The monoisotopic (exact) mass is 364 g/mol. The molecule has 0 heterocycles. The van der Waals surface area contributed by atoms with Crippen LogP contribution in [-0.2, 0) is 0 Å². The second-order valence-electron chi connectivity index (χ2n) is 6.02. The van der Waals surface area contributed by atoms with Gasteiger partial charge in [0.1, 0.15) is 0 Å². The molecule has 3 N–H and O–H groups in total. The Hall–Kier alpha value is -1.75. The molecule has 1 unspecified atom stereocenters. The molecule has 0 aliphatic rings. The van der Waals surface area contributed by atoms with Gasteiger partial charge in [-0.25, -0.2) is 5.84 Å². The van der Waals surface area contributed by atoms with Gasteiger partial charge in [-0.3, -0.25) is 10.0 Å². The first-order valence-corrected chi connectivity index (χ1v) is 8.35. The van der Waals surface area contributed by atoms with E-state index in [0.29, 0.717) is 10.0 Å². The largest absolute Gasteiger partial charge is 0.375 e. The van der Waals surface area contributed by atoms with Gasteiger partial charge in [0, 0.05) is 7.05 Å². The molecule has 0 aliphatic heterocycles. The highest BCUT2D eigenvalue weighted by atomic mass is 35.5. The molecule has 2 aromatic rings. The minimum atomic E-state index is -0.480.